The Morgan fingerprint density at radius 3 is 2.58 bits per heavy atom. The van der Waals surface area contributed by atoms with Crippen LogP contribution in [0.3, 0.4) is 0 Å². The minimum absolute atomic E-state index is 0.0823. The zero-order valence-corrected chi connectivity index (χ0v) is 14.2. The number of nitrogens with zero attached hydrogens (tertiary/aromatic N) is 4. The third kappa shape index (κ3) is 3.13. The second-order valence-electron chi connectivity index (χ2n) is 6.49. The number of fused-ring (bicyclic) bond motifs is 1. The molecule has 0 spiro atoms. The van der Waals surface area contributed by atoms with Crippen molar-refractivity contribution in [1.82, 2.24) is 14.8 Å². The lowest BCUT2D eigenvalue weighted by Crippen LogP contribution is -2.25. The van der Waals surface area contributed by atoms with Crippen LogP contribution in [0, 0.1) is 29.6 Å². The molecular weight excluding hydrogens is 369 g/mol. The molecule has 0 radical (unpaired) electrons. The molecule has 0 bridgehead atoms. The largest absolute Gasteiger partial charge is 0.504 e. The van der Waals surface area contributed by atoms with Crippen molar-refractivity contribution in [3.8, 4) is 11.8 Å². The lowest BCUT2D eigenvalue weighted by atomic mass is 10.2. The summed E-state index contributed by atoms with van der Waals surface area (Å²) in [5.41, 5.74) is 1.56. The van der Waals surface area contributed by atoms with Crippen LogP contribution in [0.2, 0.25) is 5.15 Å². The Morgan fingerprint density at radius 1 is 1.23 bits per heavy atom. The summed E-state index contributed by atoms with van der Waals surface area (Å²) >= 11 is 6.01. The molecule has 4 rings (SSSR count). The van der Waals surface area contributed by atoms with Crippen molar-refractivity contribution in [2.75, 3.05) is 24.6 Å². The minimum Gasteiger partial charge on any atom is -0.396 e. The van der Waals surface area contributed by atoms with Gasteiger partial charge in [0.2, 0.25) is 0 Å². The van der Waals surface area contributed by atoms with Gasteiger partial charge in [-0.15, -0.1) is 13.2 Å². The van der Waals surface area contributed by atoms with Gasteiger partial charge in [-0.2, -0.15) is 9.78 Å². The number of hydrogen-bond donors (Lipinski definition) is 1. The number of rotatable bonds is 2. The molecule has 1 saturated carbocycles. The third-order valence-electron chi connectivity index (χ3n) is 4.96. The van der Waals surface area contributed by atoms with Crippen LogP contribution in [0.1, 0.15) is 11.1 Å². The van der Waals surface area contributed by atoms with Crippen LogP contribution >= 0.6 is 11.6 Å². The Balaban J connectivity index is 1.58. The Bertz CT molecular complexity index is 889. The van der Waals surface area contributed by atoms with E-state index in [0.29, 0.717) is 28.5 Å². The zero-order valence-electron chi connectivity index (χ0n) is 13.4. The van der Waals surface area contributed by atoms with Crippen LogP contribution in [-0.2, 0) is 6.30 Å². The molecule has 1 saturated heterocycles. The molecule has 2 fully saturated rings. The fourth-order valence-corrected chi connectivity index (χ4v) is 3.71. The van der Waals surface area contributed by atoms with E-state index in [2.05, 4.69) is 26.8 Å². The average Bonchev–Trinajstić information content (AvgIpc) is 2.97. The van der Waals surface area contributed by atoms with E-state index in [4.69, 9.17) is 11.6 Å². The van der Waals surface area contributed by atoms with Crippen molar-refractivity contribution in [3.63, 3.8) is 0 Å². The summed E-state index contributed by atoms with van der Waals surface area (Å²) in [5.74, 6) is 6.87. The summed E-state index contributed by atoms with van der Waals surface area (Å²) in [4.78, 5) is 6.16. The standard InChI is InChI=1S/C17H14ClF3N4O/c18-16-3-15(24-7-12-13(8-24)14(12)9-26)11(5-22-16)2-1-10-4-23-25(6-10)17(19,20)21/h3-6,12-14,26H,7-9H2. The minimum atomic E-state index is -4.56. The molecule has 2 aromatic heterocycles. The maximum absolute atomic E-state index is 12.6. The molecule has 0 aromatic carbocycles. The third-order valence-corrected chi connectivity index (χ3v) is 5.16. The first kappa shape index (κ1) is 17.2. The summed E-state index contributed by atoms with van der Waals surface area (Å²) in [6.45, 7) is 1.81. The number of pyridine rings is 1. The van der Waals surface area contributed by atoms with Crippen LogP contribution in [0.4, 0.5) is 18.9 Å². The van der Waals surface area contributed by atoms with Crippen LogP contribution in [-0.4, -0.2) is 39.6 Å². The van der Waals surface area contributed by atoms with Crippen molar-refractivity contribution in [2.24, 2.45) is 17.8 Å². The Morgan fingerprint density at radius 2 is 1.96 bits per heavy atom. The molecule has 3 heterocycles. The van der Waals surface area contributed by atoms with Gasteiger partial charge in [-0.1, -0.05) is 23.4 Å². The van der Waals surface area contributed by atoms with Crippen LogP contribution in [0.25, 0.3) is 0 Å². The summed E-state index contributed by atoms with van der Waals surface area (Å²) in [6, 6.07) is 1.71. The van der Waals surface area contributed by atoms with Crippen molar-refractivity contribution >= 4 is 17.3 Å². The first-order chi connectivity index (χ1) is 12.4. The van der Waals surface area contributed by atoms with Gasteiger partial charge in [-0.05, 0) is 17.8 Å². The van der Waals surface area contributed by atoms with Gasteiger partial charge in [0, 0.05) is 38.2 Å². The molecule has 2 aliphatic rings. The lowest BCUT2D eigenvalue weighted by Gasteiger charge is -2.23. The van der Waals surface area contributed by atoms with E-state index >= 15 is 0 Å². The highest BCUT2D eigenvalue weighted by Gasteiger charge is 2.55. The molecule has 2 unspecified atom stereocenters. The number of anilines is 1. The van der Waals surface area contributed by atoms with Crippen molar-refractivity contribution in [3.05, 3.63) is 40.9 Å². The number of aliphatic hydroxyl groups excluding tert-OH is 1. The van der Waals surface area contributed by atoms with Gasteiger partial charge in [-0.3, -0.25) is 0 Å². The molecular formula is C17H14ClF3N4O. The smallest absolute Gasteiger partial charge is 0.396 e. The fraction of sp³-hybridized carbons (Fsp3) is 0.412. The zero-order chi connectivity index (χ0) is 18.5. The molecule has 2 atom stereocenters. The molecule has 1 N–H and O–H groups in total. The van der Waals surface area contributed by atoms with E-state index in [0.717, 1.165) is 31.2 Å². The first-order valence-corrected chi connectivity index (χ1v) is 8.40. The highest BCUT2D eigenvalue weighted by atomic mass is 35.5. The summed E-state index contributed by atoms with van der Waals surface area (Å²) in [6.07, 6.45) is -1.13. The van der Waals surface area contributed by atoms with Crippen LogP contribution < -0.4 is 4.90 Å². The summed E-state index contributed by atoms with van der Waals surface area (Å²) in [5, 5.41) is 12.9. The average molecular weight is 383 g/mol. The van der Waals surface area contributed by atoms with E-state index in [1.54, 1.807) is 6.07 Å². The van der Waals surface area contributed by atoms with Gasteiger partial charge >= 0.3 is 6.30 Å². The highest BCUT2D eigenvalue weighted by molar-refractivity contribution is 6.29. The van der Waals surface area contributed by atoms with Gasteiger partial charge in [0.05, 0.1) is 23.0 Å². The molecule has 9 heteroatoms. The molecule has 26 heavy (non-hydrogen) atoms. The number of halogens is 4. The number of piperidine rings is 1. The number of aliphatic hydroxyl groups is 1. The normalized spacial score (nSPS) is 24.2. The van der Waals surface area contributed by atoms with Gasteiger partial charge < -0.3 is 10.0 Å². The quantitative estimate of drug-likeness (QED) is 0.640. The Kier molecular flexibility index (Phi) is 4.09. The van der Waals surface area contributed by atoms with Crippen LogP contribution in [0.15, 0.2) is 24.7 Å². The topological polar surface area (TPSA) is 54.2 Å². The second-order valence-corrected chi connectivity index (χ2v) is 6.88. The Hall–Kier alpha value is -2.24. The lowest BCUT2D eigenvalue weighted by molar-refractivity contribution is -0.212. The Labute approximate surface area is 152 Å². The van der Waals surface area contributed by atoms with Crippen molar-refractivity contribution < 1.29 is 18.3 Å². The van der Waals surface area contributed by atoms with Crippen molar-refractivity contribution in [2.45, 2.75) is 6.30 Å². The number of alkyl halides is 3. The van der Waals surface area contributed by atoms with Gasteiger partial charge in [0.1, 0.15) is 5.15 Å². The van der Waals surface area contributed by atoms with E-state index in [1.807, 2.05) is 0 Å². The maximum Gasteiger partial charge on any atom is 0.504 e. The predicted molar refractivity (Wildman–Crippen MR) is 88.5 cm³/mol. The molecule has 1 aliphatic carbocycles. The van der Waals surface area contributed by atoms with E-state index in [1.165, 1.54) is 6.20 Å². The molecule has 1 aliphatic heterocycles. The molecule has 2 aromatic rings. The van der Waals surface area contributed by atoms with Crippen LogP contribution in [0.5, 0.6) is 0 Å². The number of aromatic nitrogens is 3. The maximum atomic E-state index is 12.6. The monoisotopic (exact) mass is 382 g/mol. The van der Waals surface area contributed by atoms with Gasteiger partial charge in [0.25, 0.3) is 0 Å². The van der Waals surface area contributed by atoms with Gasteiger partial charge in [-0.25, -0.2) is 4.98 Å². The highest BCUT2D eigenvalue weighted by Crippen LogP contribution is 2.52. The van der Waals surface area contributed by atoms with Gasteiger partial charge in [0.15, 0.2) is 0 Å². The molecule has 5 nitrogen and oxygen atoms in total. The fourth-order valence-electron chi connectivity index (χ4n) is 3.56. The SMILES string of the molecule is OCC1C2CN(c3cc(Cl)ncc3C#Cc3cnn(C(F)(F)F)c3)CC12. The number of hydrogen-bond acceptors (Lipinski definition) is 4. The molecule has 136 valence electrons. The summed E-state index contributed by atoms with van der Waals surface area (Å²) < 4.78 is 37.7. The van der Waals surface area contributed by atoms with Crippen molar-refractivity contribution in [1.29, 1.82) is 0 Å². The van der Waals surface area contributed by atoms with E-state index in [9.17, 15) is 18.3 Å². The second kappa shape index (κ2) is 6.18. The first-order valence-electron chi connectivity index (χ1n) is 8.02. The molecule has 0 amide bonds. The van der Waals surface area contributed by atoms with E-state index < -0.39 is 6.30 Å². The predicted octanol–water partition coefficient (Wildman–Crippen LogP) is 2.48. The summed E-state index contributed by atoms with van der Waals surface area (Å²) in [7, 11) is 0. The van der Waals surface area contributed by atoms with E-state index in [-0.39, 0.29) is 16.9 Å².